The van der Waals surface area contributed by atoms with E-state index < -0.39 is 5.25 Å². The molecule has 9 heteroatoms. The zero-order valence-electron chi connectivity index (χ0n) is 13.8. The normalized spacial score (nSPS) is 18.3. The van der Waals surface area contributed by atoms with E-state index >= 15 is 0 Å². The van der Waals surface area contributed by atoms with E-state index in [1.807, 2.05) is 0 Å². The highest BCUT2D eigenvalue weighted by Gasteiger charge is 2.32. The topological polar surface area (TPSA) is 105 Å². The minimum Gasteiger partial charge on any atom is -0.497 e. The second-order valence-electron chi connectivity index (χ2n) is 5.24. The number of benzene rings is 1. The quantitative estimate of drug-likeness (QED) is 0.598. The van der Waals surface area contributed by atoms with Crippen molar-refractivity contribution in [3.8, 4) is 5.75 Å². The molecule has 2 amide bonds. The number of rotatable bonds is 6. The van der Waals surface area contributed by atoms with Crippen LogP contribution in [-0.2, 0) is 9.59 Å². The number of thioether (sulfide) groups is 1. The van der Waals surface area contributed by atoms with Crippen molar-refractivity contribution in [3.05, 3.63) is 48.4 Å². The molecule has 3 rings (SSSR count). The summed E-state index contributed by atoms with van der Waals surface area (Å²) >= 11 is 1.17. The highest BCUT2D eigenvalue weighted by Crippen LogP contribution is 2.23. The Morgan fingerprint density at radius 1 is 1.38 bits per heavy atom. The Morgan fingerprint density at radius 3 is 2.88 bits per heavy atom. The maximum atomic E-state index is 12.1. The first-order valence-corrected chi connectivity index (χ1v) is 8.58. The van der Waals surface area contributed by atoms with Gasteiger partial charge in [-0.05, 0) is 36.4 Å². The first-order chi connectivity index (χ1) is 12.6. The van der Waals surface area contributed by atoms with Crippen LogP contribution >= 0.6 is 11.8 Å². The molecule has 1 unspecified atom stereocenters. The van der Waals surface area contributed by atoms with Gasteiger partial charge in [0.05, 0.1) is 19.6 Å². The van der Waals surface area contributed by atoms with Gasteiger partial charge in [0.2, 0.25) is 11.8 Å². The lowest BCUT2D eigenvalue weighted by Gasteiger charge is -2.08. The van der Waals surface area contributed by atoms with Gasteiger partial charge < -0.3 is 19.8 Å². The van der Waals surface area contributed by atoms with Gasteiger partial charge in [-0.3, -0.25) is 9.59 Å². The van der Waals surface area contributed by atoms with Crippen molar-refractivity contribution in [1.29, 1.82) is 0 Å². The second kappa shape index (κ2) is 8.34. The van der Waals surface area contributed by atoms with E-state index in [0.29, 0.717) is 22.4 Å². The fraction of sp³-hybridized carbons (Fsp3) is 0.176. The molecule has 0 radical (unpaired) electrons. The van der Waals surface area contributed by atoms with E-state index in [4.69, 9.17) is 9.15 Å². The van der Waals surface area contributed by atoms with Crippen LogP contribution in [0.25, 0.3) is 0 Å². The molecule has 8 nitrogen and oxygen atoms in total. The van der Waals surface area contributed by atoms with Crippen LogP contribution < -0.4 is 15.4 Å². The molecule has 1 aliphatic heterocycles. The first kappa shape index (κ1) is 17.7. The molecule has 1 aliphatic rings. The zero-order valence-corrected chi connectivity index (χ0v) is 14.7. The number of hydrogen-bond donors (Lipinski definition) is 2. The van der Waals surface area contributed by atoms with Crippen molar-refractivity contribution in [3.63, 3.8) is 0 Å². The van der Waals surface area contributed by atoms with Crippen LogP contribution in [0.4, 0.5) is 5.69 Å². The summed E-state index contributed by atoms with van der Waals surface area (Å²) in [6.45, 7) is 0. The molecule has 1 saturated heterocycles. The summed E-state index contributed by atoms with van der Waals surface area (Å²) in [6.07, 6.45) is 2.99. The van der Waals surface area contributed by atoms with Crippen LogP contribution in [0.3, 0.4) is 0 Å². The number of carbonyl (C=O) groups excluding carboxylic acids is 2. The molecule has 0 spiro atoms. The Morgan fingerprint density at radius 2 is 2.19 bits per heavy atom. The second-order valence-corrected chi connectivity index (χ2v) is 6.43. The third kappa shape index (κ3) is 4.73. The Bertz CT molecular complexity index is 831. The molecule has 1 aromatic heterocycles. The van der Waals surface area contributed by atoms with Crippen molar-refractivity contribution in [2.45, 2.75) is 11.7 Å². The lowest BCUT2D eigenvalue weighted by atomic mass is 10.2. The number of anilines is 1. The third-order valence-corrected chi connectivity index (χ3v) is 4.47. The van der Waals surface area contributed by atoms with Gasteiger partial charge in [-0.15, -0.1) is 5.10 Å². The van der Waals surface area contributed by atoms with Crippen LogP contribution in [0.5, 0.6) is 5.75 Å². The average molecular weight is 372 g/mol. The summed E-state index contributed by atoms with van der Waals surface area (Å²) < 4.78 is 10.2. The molecule has 134 valence electrons. The average Bonchev–Trinajstić information content (AvgIpc) is 3.26. The fourth-order valence-corrected chi connectivity index (χ4v) is 3.07. The number of amides is 2. The summed E-state index contributed by atoms with van der Waals surface area (Å²) in [5.41, 5.74) is 0.635. The van der Waals surface area contributed by atoms with Crippen LogP contribution in [-0.4, -0.2) is 35.6 Å². The van der Waals surface area contributed by atoms with Crippen molar-refractivity contribution in [1.82, 2.24) is 5.32 Å². The van der Waals surface area contributed by atoms with E-state index in [1.165, 1.54) is 24.2 Å². The maximum absolute atomic E-state index is 12.1. The van der Waals surface area contributed by atoms with Crippen molar-refractivity contribution in [2.75, 3.05) is 12.4 Å². The predicted octanol–water partition coefficient (Wildman–Crippen LogP) is 2.24. The molecule has 1 aromatic carbocycles. The van der Waals surface area contributed by atoms with Crippen molar-refractivity contribution in [2.24, 2.45) is 10.2 Å². The lowest BCUT2D eigenvalue weighted by molar-refractivity contribution is -0.122. The molecular weight excluding hydrogens is 356 g/mol. The molecule has 2 N–H and O–H groups in total. The summed E-state index contributed by atoms with van der Waals surface area (Å²) in [6, 6.07) is 10.4. The zero-order chi connectivity index (χ0) is 18.4. The van der Waals surface area contributed by atoms with Crippen LogP contribution in [0.15, 0.2) is 57.3 Å². The van der Waals surface area contributed by atoms with Crippen LogP contribution in [0, 0.1) is 0 Å². The number of nitrogens with zero attached hydrogens (tertiary/aromatic N) is 2. The van der Waals surface area contributed by atoms with Crippen molar-refractivity contribution >= 4 is 40.6 Å². The Labute approximate surface area is 153 Å². The smallest absolute Gasteiger partial charge is 0.240 e. The monoisotopic (exact) mass is 372 g/mol. The number of amidine groups is 1. The predicted molar refractivity (Wildman–Crippen MR) is 99.5 cm³/mol. The molecule has 1 atom stereocenters. The highest BCUT2D eigenvalue weighted by atomic mass is 32.2. The minimum absolute atomic E-state index is 0.0312. The number of furan rings is 1. The molecular formula is C17H16N4O4S. The van der Waals surface area contributed by atoms with Gasteiger partial charge in [0, 0.05) is 12.1 Å². The van der Waals surface area contributed by atoms with Gasteiger partial charge in [-0.1, -0.05) is 11.8 Å². The molecule has 2 heterocycles. The molecule has 2 aromatic rings. The maximum Gasteiger partial charge on any atom is 0.240 e. The Balaban J connectivity index is 1.52. The largest absolute Gasteiger partial charge is 0.497 e. The Hall–Kier alpha value is -3.07. The van der Waals surface area contributed by atoms with E-state index in [9.17, 15) is 9.59 Å². The number of ether oxygens (including phenoxy) is 1. The van der Waals surface area contributed by atoms with Crippen LogP contribution in [0.2, 0.25) is 0 Å². The summed E-state index contributed by atoms with van der Waals surface area (Å²) in [5.74, 6) is 0.721. The highest BCUT2D eigenvalue weighted by molar-refractivity contribution is 8.15. The number of hydrogen-bond acceptors (Lipinski definition) is 7. The molecule has 0 aliphatic carbocycles. The summed E-state index contributed by atoms with van der Waals surface area (Å²) in [7, 11) is 1.57. The summed E-state index contributed by atoms with van der Waals surface area (Å²) in [5, 5.41) is 12.9. The molecule has 1 fully saturated rings. The number of carbonyl (C=O) groups is 2. The molecule has 0 saturated carbocycles. The first-order valence-electron chi connectivity index (χ1n) is 7.70. The van der Waals surface area contributed by atoms with Gasteiger partial charge in [-0.25, -0.2) is 0 Å². The van der Waals surface area contributed by atoms with E-state index in [2.05, 4.69) is 20.8 Å². The van der Waals surface area contributed by atoms with Crippen LogP contribution in [0.1, 0.15) is 12.2 Å². The van der Waals surface area contributed by atoms with Crippen molar-refractivity contribution < 1.29 is 18.7 Å². The van der Waals surface area contributed by atoms with Gasteiger partial charge in [0.25, 0.3) is 0 Å². The Kier molecular flexibility index (Phi) is 5.69. The molecule has 0 bridgehead atoms. The minimum atomic E-state index is -0.550. The van der Waals surface area contributed by atoms with Gasteiger partial charge in [0.15, 0.2) is 5.17 Å². The van der Waals surface area contributed by atoms with E-state index in [1.54, 1.807) is 43.5 Å². The number of nitrogens with one attached hydrogen (secondary N) is 2. The van der Waals surface area contributed by atoms with E-state index in [0.717, 1.165) is 0 Å². The third-order valence-electron chi connectivity index (χ3n) is 3.40. The van der Waals surface area contributed by atoms with E-state index in [-0.39, 0.29) is 18.2 Å². The summed E-state index contributed by atoms with van der Waals surface area (Å²) in [4.78, 5) is 24.1. The SMILES string of the molecule is COc1ccc(NC(=O)CC2SC(=NN=Cc3ccco3)NC2=O)cc1. The number of methoxy groups -OCH3 is 1. The van der Waals surface area contributed by atoms with Gasteiger partial charge >= 0.3 is 0 Å². The lowest BCUT2D eigenvalue weighted by Crippen LogP contribution is -2.28. The standard InChI is InChI=1S/C17H16N4O4S/c1-24-12-6-4-11(5-7-12)19-15(22)9-14-16(23)20-17(26-14)21-18-10-13-3-2-8-25-13/h2-8,10,14H,9H2,1H3,(H,19,22)(H,20,21,23). The fourth-order valence-electron chi connectivity index (χ4n) is 2.14. The molecule has 26 heavy (non-hydrogen) atoms. The van der Waals surface area contributed by atoms with Gasteiger partial charge in [0.1, 0.15) is 16.8 Å². The van der Waals surface area contributed by atoms with Gasteiger partial charge in [-0.2, -0.15) is 5.10 Å².